The van der Waals surface area contributed by atoms with Crippen molar-refractivity contribution in [2.75, 3.05) is 6.54 Å². The highest BCUT2D eigenvalue weighted by molar-refractivity contribution is 5.82. The maximum Gasteiger partial charge on any atom is 0.147 e. The predicted molar refractivity (Wildman–Crippen MR) is 51.5 cm³/mol. The number of carbonyl (C=O) groups excluding carboxylic acids is 1. The van der Waals surface area contributed by atoms with Gasteiger partial charge in [0, 0.05) is 18.5 Å². The standard InChI is InChI=1S/C10H19NO2/c1-6(2)11-5-9(13)7(3)10(11)8(4)12/h6-7,9-10,13H,5H2,1-4H3/t7-,9+,10+/m1/s1. The first-order valence-electron chi connectivity index (χ1n) is 4.89. The second kappa shape index (κ2) is 3.76. The highest BCUT2D eigenvalue weighted by Gasteiger charge is 2.41. The number of rotatable bonds is 2. The van der Waals surface area contributed by atoms with Crippen molar-refractivity contribution in [3.05, 3.63) is 0 Å². The molecular weight excluding hydrogens is 166 g/mol. The maximum absolute atomic E-state index is 11.4. The molecule has 3 heteroatoms. The second-order valence-corrected chi connectivity index (χ2v) is 4.27. The van der Waals surface area contributed by atoms with Crippen molar-refractivity contribution in [3.8, 4) is 0 Å². The third kappa shape index (κ3) is 1.92. The number of hydrogen-bond acceptors (Lipinski definition) is 3. The predicted octanol–water partition coefficient (Wildman–Crippen LogP) is 0.665. The maximum atomic E-state index is 11.4. The third-order valence-electron chi connectivity index (χ3n) is 2.94. The van der Waals surface area contributed by atoms with Crippen LogP contribution in [0.15, 0.2) is 0 Å². The van der Waals surface area contributed by atoms with E-state index in [1.54, 1.807) is 6.92 Å². The van der Waals surface area contributed by atoms with Gasteiger partial charge in [0.15, 0.2) is 0 Å². The molecule has 0 aromatic heterocycles. The van der Waals surface area contributed by atoms with Crippen molar-refractivity contribution < 1.29 is 9.90 Å². The molecule has 0 radical (unpaired) electrons. The number of Topliss-reactive ketones (excluding diaryl/α,β-unsaturated/α-hetero) is 1. The summed E-state index contributed by atoms with van der Waals surface area (Å²) in [5, 5.41) is 9.64. The van der Waals surface area contributed by atoms with Crippen LogP contribution in [0.3, 0.4) is 0 Å². The monoisotopic (exact) mass is 185 g/mol. The van der Waals surface area contributed by atoms with Gasteiger partial charge in [0.1, 0.15) is 5.78 Å². The molecular formula is C10H19NO2. The third-order valence-corrected chi connectivity index (χ3v) is 2.94. The fourth-order valence-corrected chi connectivity index (χ4v) is 2.14. The molecule has 13 heavy (non-hydrogen) atoms. The number of likely N-dealkylation sites (tertiary alicyclic amines) is 1. The van der Waals surface area contributed by atoms with Crippen LogP contribution in [0.5, 0.6) is 0 Å². The van der Waals surface area contributed by atoms with Crippen LogP contribution < -0.4 is 0 Å². The summed E-state index contributed by atoms with van der Waals surface area (Å²) in [6, 6.07) is 0.239. The highest BCUT2D eigenvalue weighted by atomic mass is 16.3. The molecule has 0 amide bonds. The lowest BCUT2D eigenvalue weighted by atomic mass is 9.97. The quantitative estimate of drug-likeness (QED) is 0.687. The molecule has 0 aliphatic carbocycles. The molecule has 0 spiro atoms. The van der Waals surface area contributed by atoms with Crippen molar-refractivity contribution in [1.82, 2.24) is 4.90 Å². The number of aliphatic hydroxyl groups is 1. The van der Waals surface area contributed by atoms with Crippen molar-refractivity contribution in [2.24, 2.45) is 5.92 Å². The normalized spacial score (nSPS) is 35.7. The first-order valence-corrected chi connectivity index (χ1v) is 4.89. The molecule has 1 aliphatic heterocycles. The molecule has 0 unspecified atom stereocenters. The Hall–Kier alpha value is -0.410. The number of ketones is 1. The van der Waals surface area contributed by atoms with Gasteiger partial charge in [-0.05, 0) is 20.8 Å². The summed E-state index contributed by atoms with van der Waals surface area (Å²) in [5.74, 6) is 0.234. The lowest BCUT2D eigenvalue weighted by molar-refractivity contribution is -0.122. The zero-order valence-corrected chi connectivity index (χ0v) is 8.82. The van der Waals surface area contributed by atoms with E-state index in [4.69, 9.17) is 0 Å². The van der Waals surface area contributed by atoms with E-state index in [0.29, 0.717) is 12.6 Å². The van der Waals surface area contributed by atoms with Crippen molar-refractivity contribution in [3.63, 3.8) is 0 Å². The number of β-amino-alcohol motifs (C(OH)–C–C–N with tert-alkyl or cyclic N) is 1. The van der Waals surface area contributed by atoms with Crippen LogP contribution in [0.4, 0.5) is 0 Å². The molecule has 0 bridgehead atoms. The van der Waals surface area contributed by atoms with Gasteiger partial charge >= 0.3 is 0 Å². The summed E-state index contributed by atoms with van der Waals surface area (Å²) in [5.41, 5.74) is 0. The Labute approximate surface area is 79.7 Å². The molecule has 1 rings (SSSR count). The molecule has 0 aromatic rings. The fourth-order valence-electron chi connectivity index (χ4n) is 2.14. The van der Waals surface area contributed by atoms with Gasteiger partial charge < -0.3 is 5.11 Å². The molecule has 3 atom stereocenters. The molecule has 1 aliphatic rings. The van der Waals surface area contributed by atoms with Crippen LogP contribution in [-0.2, 0) is 4.79 Å². The SMILES string of the molecule is CC(=O)[C@@H]1[C@H](C)[C@@H](O)CN1C(C)C. The first kappa shape index (κ1) is 10.7. The van der Waals surface area contributed by atoms with Crippen LogP contribution in [0.25, 0.3) is 0 Å². The summed E-state index contributed by atoms with van der Waals surface area (Å²) >= 11 is 0. The Morgan fingerprint density at radius 2 is 2.08 bits per heavy atom. The second-order valence-electron chi connectivity index (χ2n) is 4.27. The van der Waals surface area contributed by atoms with E-state index in [1.165, 1.54) is 0 Å². The van der Waals surface area contributed by atoms with Gasteiger partial charge in [-0.25, -0.2) is 0 Å². The zero-order chi connectivity index (χ0) is 10.2. The van der Waals surface area contributed by atoms with E-state index < -0.39 is 0 Å². The van der Waals surface area contributed by atoms with Gasteiger partial charge in [0.2, 0.25) is 0 Å². The van der Waals surface area contributed by atoms with Crippen LogP contribution in [0, 0.1) is 5.92 Å². The van der Waals surface area contributed by atoms with E-state index in [9.17, 15) is 9.90 Å². The van der Waals surface area contributed by atoms with Crippen LogP contribution in [0.1, 0.15) is 27.7 Å². The van der Waals surface area contributed by atoms with Crippen LogP contribution >= 0.6 is 0 Å². The van der Waals surface area contributed by atoms with Gasteiger partial charge in [0.05, 0.1) is 12.1 Å². The lowest BCUT2D eigenvalue weighted by Gasteiger charge is -2.27. The van der Waals surface area contributed by atoms with Gasteiger partial charge in [-0.2, -0.15) is 0 Å². The first-order chi connectivity index (χ1) is 5.95. The Morgan fingerprint density at radius 3 is 2.38 bits per heavy atom. The lowest BCUT2D eigenvalue weighted by Crippen LogP contribution is -2.41. The summed E-state index contributed by atoms with van der Waals surface area (Å²) < 4.78 is 0. The van der Waals surface area contributed by atoms with E-state index in [1.807, 2.05) is 6.92 Å². The number of carbonyl (C=O) groups is 1. The summed E-state index contributed by atoms with van der Waals surface area (Å²) in [4.78, 5) is 13.4. The van der Waals surface area contributed by atoms with Crippen molar-refractivity contribution in [1.29, 1.82) is 0 Å². The Kier molecular flexibility index (Phi) is 3.09. The molecule has 1 heterocycles. The smallest absolute Gasteiger partial charge is 0.147 e. The average Bonchev–Trinajstić information content (AvgIpc) is 2.28. The molecule has 0 aromatic carbocycles. The molecule has 0 saturated carbocycles. The van der Waals surface area contributed by atoms with Gasteiger partial charge in [0.25, 0.3) is 0 Å². The molecule has 1 fully saturated rings. The van der Waals surface area contributed by atoms with E-state index in [2.05, 4.69) is 18.7 Å². The van der Waals surface area contributed by atoms with Crippen LogP contribution in [-0.4, -0.2) is 40.5 Å². The van der Waals surface area contributed by atoms with Gasteiger partial charge in [-0.15, -0.1) is 0 Å². The minimum Gasteiger partial charge on any atom is -0.391 e. The number of nitrogens with zero attached hydrogens (tertiary/aromatic N) is 1. The average molecular weight is 185 g/mol. The Morgan fingerprint density at radius 1 is 1.54 bits per heavy atom. The van der Waals surface area contributed by atoms with E-state index in [0.717, 1.165) is 0 Å². The van der Waals surface area contributed by atoms with Crippen molar-refractivity contribution in [2.45, 2.75) is 45.9 Å². The van der Waals surface area contributed by atoms with Gasteiger partial charge in [-0.3, -0.25) is 9.69 Å². The van der Waals surface area contributed by atoms with Crippen LogP contribution in [0.2, 0.25) is 0 Å². The molecule has 1 N–H and O–H groups in total. The van der Waals surface area contributed by atoms with Gasteiger partial charge in [-0.1, -0.05) is 6.92 Å². The van der Waals surface area contributed by atoms with E-state index in [-0.39, 0.29) is 23.8 Å². The Balaban J connectivity index is 2.80. The largest absolute Gasteiger partial charge is 0.391 e. The molecule has 1 saturated heterocycles. The fraction of sp³-hybridized carbons (Fsp3) is 0.900. The van der Waals surface area contributed by atoms with E-state index >= 15 is 0 Å². The summed E-state index contributed by atoms with van der Waals surface area (Å²) in [6.45, 7) is 8.29. The minimum absolute atomic E-state index is 0.0694. The summed E-state index contributed by atoms with van der Waals surface area (Å²) in [7, 11) is 0. The number of aliphatic hydroxyl groups excluding tert-OH is 1. The molecule has 3 nitrogen and oxygen atoms in total. The van der Waals surface area contributed by atoms with Crippen molar-refractivity contribution >= 4 is 5.78 Å². The summed E-state index contributed by atoms with van der Waals surface area (Å²) in [6.07, 6.45) is -0.351. The minimum atomic E-state index is -0.351. The molecule has 76 valence electrons. The topological polar surface area (TPSA) is 40.5 Å². The Bertz CT molecular complexity index is 203. The number of hydrogen-bond donors (Lipinski definition) is 1. The highest BCUT2D eigenvalue weighted by Crippen LogP contribution is 2.26. The zero-order valence-electron chi connectivity index (χ0n) is 8.82.